The maximum absolute atomic E-state index is 13.3. The van der Waals surface area contributed by atoms with Crippen LogP contribution in [0.2, 0.25) is 5.02 Å². The molecule has 0 saturated carbocycles. The summed E-state index contributed by atoms with van der Waals surface area (Å²) in [5.74, 6) is -0.310. The zero-order valence-corrected chi connectivity index (χ0v) is 18.7. The van der Waals surface area contributed by atoms with Crippen molar-refractivity contribution in [2.45, 2.75) is 56.7 Å². The molecule has 0 spiro atoms. The summed E-state index contributed by atoms with van der Waals surface area (Å²) in [6.07, 6.45) is -4.26. The molecule has 0 aliphatic carbocycles. The van der Waals surface area contributed by atoms with Gasteiger partial charge >= 0.3 is 6.18 Å². The SMILES string of the molecule is CC(C)Cn1c(CCC(N)=O)nnc1SC(C)C(=O)Nc1ccc(Cl)cc1C(F)(F)F. The number of primary amides is 1. The number of anilines is 1. The van der Waals surface area contributed by atoms with Crippen LogP contribution in [0.15, 0.2) is 23.4 Å². The van der Waals surface area contributed by atoms with Crippen LogP contribution in [0, 0.1) is 5.92 Å². The summed E-state index contributed by atoms with van der Waals surface area (Å²) in [5, 5.41) is 10.1. The second-order valence-electron chi connectivity index (χ2n) is 7.31. The van der Waals surface area contributed by atoms with Crippen LogP contribution in [-0.2, 0) is 28.7 Å². The quantitative estimate of drug-likeness (QED) is 0.528. The van der Waals surface area contributed by atoms with E-state index in [1.807, 2.05) is 13.8 Å². The molecule has 12 heteroatoms. The zero-order valence-electron chi connectivity index (χ0n) is 17.2. The van der Waals surface area contributed by atoms with Gasteiger partial charge in [0.25, 0.3) is 0 Å². The summed E-state index contributed by atoms with van der Waals surface area (Å²) in [7, 11) is 0. The van der Waals surface area contributed by atoms with Crippen molar-refractivity contribution in [3.8, 4) is 0 Å². The highest BCUT2D eigenvalue weighted by Gasteiger charge is 2.34. The molecule has 0 saturated heterocycles. The number of halogens is 4. The van der Waals surface area contributed by atoms with Crippen molar-refractivity contribution in [3.63, 3.8) is 0 Å². The van der Waals surface area contributed by atoms with E-state index in [1.54, 1.807) is 11.5 Å². The molecule has 0 aliphatic rings. The molecule has 1 aromatic heterocycles. The van der Waals surface area contributed by atoms with Gasteiger partial charge in [-0.3, -0.25) is 9.59 Å². The summed E-state index contributed by atoms with van der Waals surface area (Å²) >= 11 is 6.74. The van der Waals surface area contributed by atoms with Gasteiger partial charge in [-0.15, -0.1) is 10.2 Å². The lowest BCUT2D eigenvalue weighted by atomic mass is 10.1. The minimum Gasteiger partial charge on any atom is -0.370 e. The Labute approximate surface area is 186 Å². The summed E-state index contributed by atoms with van der Waals surface area (Å²) in [6, 6.07) is 3.15. The molecule has 170 valence electrons. The van der Waals surface area contributed by atoms with Gasteiger partial charge in [0, 0.05) is 24.4 Å². The second-order valence-corrected chi connectivity index (χ2v) is 9.05. The number of nitrogens with two attached hydrogens (primary N) is 1. The van der Waals surface area contributed by atoms with Gasteiger partial charge in [0.2, 0.25) is 11.8 Å². The number of hydrogen-bond acceptors (Lipinski definition) is 5. The molecule has 0 fully saturated rings. The number of alkyl halides is 3. The van der Waals surface area contributed by atoms with Crippen molar-refractivity contribution >= 4 is 40.9 Å². The first-order chi connectivity index (χ1) is 14.4. The normalized spacial score (nSPS) is 12.8. The fourth-order valence-corrected chi connectivity index (χ4v) is 3.73. The molecule has 1 aromatic carbocycles. The lowest BCUT2D eigenvalue weighted by molar-refractivity contribution is -0.137. The Kier molecular flexibility index (Phi) is 8.35. The molecule has 2 rings (SSSR count). The Morgan fingerprint density at radius 1 is 1.26 bits per heavy atom. The van der Waals surface area contributed by atoms with Gasteiger partial charge in [0.05, 0.1) is 16.5 Å². The first kappa shape index (κ1) is 25.0. The Balaban J connectivity index is 2.19. The standard InChI is InChI=1S/C19H23ClF3N5O2S/c1-10(2)9-28-16(7-6-15(24)29)26-27-18(28)31-11(3)17(30)25-14-5-4-12(20)8-13(14)19(21,22)23/h4-5,8,10-11H,6-7,9H2,1-3H3,(H2,24,29)(H,25,30). The summed E-state index contributed by atoms with van der Waals surface area (Å²) in [4.78, 5) is 23.7. The zero-order chi connectivity index (χ0) is 23.3. The van der Waals surface area contributed by atoms with Crippen LogP contribution in [0.5, 0.6) is 0 Å². The van der Waals surface area contributed by atoms with Gasteiger partial charge in [0.1, 0.15) is 5.82 Å². The third-order valence-corrected chi connectivity index (χ3v) is 5.45. The number of aromatic nitrogens is 3. The number of nitrogens with one attached hydrogen (secondary N) is 1. The van der Waals surface area contributed by atoms with E-state index in [4.69, 9.17) is 17.3 Å². The Bertz CT molecular complexity index is 949. The van der Waals surface area contributed by atoms with Crippen LogP contribution in [0.4, 0.5) is 18.9 Å². The molecule has 1 heterocycles. The van der Waals surface area contributed by atoms with Gasteiger partial charge < -0.3 is 15.6 Å². The van der Waals surface area contributed by atoms with Gasteiger partial charge in [-0.05, 0) is 31.0 Å². The largest absolute Gasteiger partial charge is 0.418 e. The molecule has 2 aromatic rings. The van der Waals surface area contributed by atoms with E-state index in [0.717, 1.165) is 23.9 Å². The third kappa shape index (κ3) is 7.13. The van der Waals surface area contributed by atoms with Crippen LogP contribution < -0.4 is 11.1 Å². The Hall–Kier alpha value is -2.27. The van der Waals surface area contributed by atoms with Crippen LogP contribution >= 0.6 is 23.4 Å². The highest BCUT2D eigenvalue weighted by atomic mass is 35.5. The van der Waals surface area contributed by atoms with Crippen molar-refractivity contribution < 1.29 is 22.8 Å². The van der Waals surface area contributed by atoms with Gasteiger partial charge in [0.15, 0.2) is 5.16 Å². The first-order valence-electron chi connectivity index (χ1n) is 9.43. The van der Waals surface area contributed by atoms with Gasteiger partial charge in [-0.1, -0.05) is 37.2 Å². The van der Waals surface area contributed by atoms with Crippen molar-refractivity contribution in [3.05, 3.63) is 34.6 Å². The molecule has 7 nitrogen and oxygen atoms in total. The number of aryl methyl sites for hydroxylation is 1. The number of hydrogen-bond donors (Lipinski definition) is 2. The van der Waals surface area contributed by atoms with Gasteiger partial charge in [-0.25, -0.2) is 0 Å². The number of thioether (sulfide) groups is 1. The minimum absolute atomic E-state index is 0.0852. The molecular weight excluding hydrogens is 455 g/mol. The van der Waals surface area contributed by atoms with Crippen molar-refractivity contribution in [2.24, 2.45) is 11.7 Å². The van der Waals surface area contributed by atoms with E-state index in [-0.39, 0.29) is 23.0 Å². The van der Waals surface area contributed by atoms with Crippen molar-refractivity contribution in [1.29, 1.82) is 0 Å². The summed E-state index contributed by atoms with van der Waals surface area (Å²) in [6.45, 7) is 6.08. The fourth-order valence-electron chi connectivity index (χ4n) is 2.68. The third-order valence-electron chi connectivity index (χ3n) is 4.13. The molecular formula is C19H23ClF3N5O2S. The van der Waals surface area contributed by atoms with E-state index in [1.165, 1.54) is 6.07 Å². The second kappa shape index (κ2) is 10.4. The number of rotatable bonds is 9. The maximum Gasteiger partial charge on any atom is 0.418 e. The van der Waals surface area contributed by atoms with Crippen molar-refractivity contribution in [2.75, 3.05) is 5.32 Å². The number of amides is 2. The monoisotopic (exact) mass is 477 g/mol. The number of carbonyl (C=O) groups is 2. The summed E-state index contributed by atoms with van der Waals surface area (Å²) < 4.78 is 41.6. The van der Waals surface area contributed by atoms with E-state index in [9.17, 15) is 22.8 Å². The number of nitrogens with zero attached hydrogens (tertiary/aromatic N) is 3. The van der Waals surface area contributed by atoms with Gasteiger partial charge in [-0.2, -0.15) is 13.2 Å². The molecule has 3 N–H and O–H groups in total. The van der Waals surface area contributed by atoms with Crippen LogP contribution in [0.3, 0.4) is 0 Å². The van der Waals surface area contributed by atoms with Crippen molar-refractivity contribution in [1.82, 2.24) is 14.8 Å². The maximum atomic E-state index is 13.3. The van der Waals surface area contributed by atoms with E-state index < -0.39 is 28.8 Å². The number of benzene rings is 1. The Morgan fingerprint density at radius 2 is 1.94 bits per heavy atom. The minimum atomic E-state index is -4.67. The summed E-state index contributed by atoms with van der Waals surface area (Å²) in [5.41, 5.74) is 3.80. The predicted octanol–water partition coefficient (Wildman–Crippen LogP) is 4.14. The highest BCUT2D eigenvalue weighted by molar-refractivity contribution is 8.00. The fraction of sp³-hybridized carbons (Fsp3) is 0.474. The smallest absolute Gasteiger partial charge is 0.370 e. The average molecular weight is 478 g/mol. The molecule has 31 heavy (non-hydrogen) atoms. The van der Waals surface area contributed by atoms with E-state index in [2.05, 4.69) is 15.5 Å². The van der Waals surface area contributed by atoms with Crippen LogP contribution in [-0.4, -0.2) is 31.8 Å². The first-order valence-corrected chi connectivity index (χ1v) is 10.7. The predicted molar refractivity (Wildman–Crippen MR) is 113 cm³/mol. The lowest BCUT2D eigenvalue weighted by Gasteiger charge is -2.17. The van der Waals surface area contributed by atoms with E-state index in [0.29, 0.717) is 23.9 Å². The van der Waals surface area contributed by atoms with E-state index >= 15 is 0 Å². The average Bonchev–Trinajstić information content (AvgIpc) is 3.01. The number of carbonyl (C=O) groups excluding carboxylic acids is 2. The molecule has 0 bridgehead atoms. The highest BCUT2D eigenvalue weighted by Crippen LogP contribution is 2.37. The Morgan fingerprint density at radius 3 is 2.52 bits per heavy atom. The van der Waals surface area contributed by atoms with Crippen LogP contribution in [0.25, 0.3) is 0 Å². The lowest BCUT2D eigenvalue weighted by Crippen LogP contribution is -2.25. The molecule has 1 unspecified atom stereocenters. The molecule has 1 atom stereocenters. The molecule has 2 amide bonds. The molecule has 0 aliphatic heterocycles. The molecule has 0 radical (unpaired) electrons. The topological polar surface area (TPSA) is 103 Å². The van der Waals surface area contributed by atoms with Crippen LogP contribution in [0.1, 0.15) is 38.6 Å².